The molecule has 9 nitrogen and oxygen atoms in total. The van der Waals surface area contributed by atoms with E-state index in [-0.39, 0.29) is 24.2 Å². The van der Waals surface area contributed by atoms with Gasteiger partial charge in [-0.2, -0.15) is 4.72 Å². The number of carbonyl (C=O) groups excluding carboxylic acids is 1. The summed E-state index contributed by atoms with van der Waals surface area (Å²) in [7, 11) is -4.02. The molecule has 0 aromatic heterocycles. The molecule has 1 aromatic rings. The van der Waals surface area contributed by atoms with Gasteiger partial charge >= 0.3 is 11.9 Å². The van der Waals surface area contributed by atoms with E-state index in [2.05, 4.69) is 10.0 Å². The van der Waals surface area contributed by atoms with Gasteiger partial charge in [0.25, 0.3) is 0 Å². The van der Waals surface area contributed by atoms with E-state index in [4.69, 9.17) is 10.2 Å². The number of rotatable bonds is 10. The normalized spacial score (nSPS) is 12.4. The van der Waals surface area contributed by atoms with Crippen molar-refractivity contribution < 1.29 is 33.0 Å². The van der Waals surface area contributed by atoms with E-state index in [0.29, 0.717) is 0 Å². The Morgan fingerprint density at radius 1 is 1.08 bits per heavy atom. The lowest BCUT2D eigenvalue weighted by atomic mass is 10.1. The molecule has 138 valence electrons. The minimum absolute atomic E-state index is 0.0487. The SMILES string of the molecule is Cc1ccc(S(=O)(=O)N[C@@H](CCCC(=O)O)C(=O)NCC(=O)O)cc1. The average Bonchev–Trinajstić information content (AvgIpc) is 2.51. The predicted molar refractivity (Wildman–Crippen MR) is 87.4 cm³/mol. The highest BCUT2D eigenvalue weighted by Crippen LogP contribution is 2.12. The van der Waals surface area contributed by atoms with Crippen LogP contribution >= 0.6 is 0 Å². The lowest BCUT2D eigenvalue weighted by Crippen LogP contribution is -2.47. The van der Waals surface area contributed by atoms with Crippen molar-refractivity contribution in [2.45, 2.75) is 37.1 Å². The molecule has 0 aliphatic rings. The first-order valence-electron chi connectivity index (χ1n) is 7.42. The molecule has 0 saturated carbocycles. The van der Waals surface area contributed by atoms with Crippen molar-refractivity contribution in [2.75, 3.05) is 6.54 Å². The number of carbonyl (C=O) groups is 3. The van der Waals surface area contributed by atoms with Crippen molar-refractivity contribution in [3.63, 3.8) is 0 Å². The zero-order valence-electron chi connectivity index (χ0n) is 13.6. The molecule has 0 bridgehead atoms. The first kappa shape index (κ1) is 20.6. The molecule has 1 rings (SSSR count). The van der Waals surface area contributed by atoms with Gasteiger partial charge in [0.15, 0.2) is 0 Å². The number of amides is 1. The fraction of sp³-hybridized carbons (Fsp3) is 0.400. The molecular weight excluding hydrogens is 352 g/mol. The van der Waals surface area contributed by atoms with E-state index < -0.39 is 40.5 Å². The lowest BCUT2D eigenvalue weighted by molar-refractivity contribution is -0.138. The van der Waals surface area contributed by atoms with Crippen LogP contribution in [0, 0.1) is 6.92 Å². The van der Waals surface area contributed by atoms with Crippen LogP contribution < -0.4 is 10.0 Å². The molecule has 0 fully saturated rings. The Labute approximate surface area is 145 Å². The van der Waals surface area contributed by atoms with Crippen LogP contribution in [0.5, 0.6) is 0 Å². The fourth-order valence-electron chi connectivity index (χ4n) is 1.96. The van der Waals surface area contributed by atoms with Crippen LogP contribution in [-0.4, -0.2) is 49.1 Å². The van der Waals surface area contributed by atoms with Crippen molar-refractivity contribution >= 4 is 27.9 Å². The minimum Gasteiger partial charge on any atom is -0.481 e. The van der Waals surface area contributed by atoms with Gasteiger partial charge in [0, 0.05) is 6.42 Å². The third-order valence-electron chi connectivity index (χ3n) is 3.24. The van der Waals surface area contributed by atoms with Crippen molar-refractivity contribution in [2.24, 2.45) is 0 Å². The fourth-order valence-corrected chi connectivity index (χ4v) is 3.19. The van der Waals surface area contributed by atoms with Gasteiger partial charge in [-0.1, -0.05) is 17.7 Å². The first-order chi connectivity index (χ1) is 11.6. The molecule has 10 heteroatoms. The standard InChI is InChI=1S/C15H20N2O7S/c1-10-5-7-11(8-6-10)25(23,24)17-12(3-2-4-13(18)19)15(22)16-9-14(20)21/h5-8,12,17H,2-4,9H2,1H3,(H,16,22)(H,18,19)(H,20,21)/t12-/m0/s1. The number of benzene rings is 1. The Morgan fingerprint density at radius 3 is 2.20 bits per heavy atom. The van der Waals surface area contributed by atoms with Gasteiger partial charge in [0.1, 0.15) is 12.6 Å². The van der Waals surface area contributed by atoms with Gasteiger partial charge in [0.05, 0.1) is 4.90 Å². The lowest BCUT2D eigenvalue weighted by Gasteiger charge is -2.18. The Kier molecular flexibility index (Phi) is 7.52. The Morgan fingerprint density at radius 2 is 1.68 bits per heavy atom. The highest BCUT2D eigenvalue weighted by atomic mass is 32.2. The summed E-state index contributed by atoms with van der Waals surface area (Å²) < 4.78 is 26.9. The Bertz CT molecular complexity index is 729. The van der Waals surface area contributed by atoms with Crippen LogP contribution in [-0.2, 0) is 24.4 Å². The molecule has 0 saturated heterocycles. The van der Waals surface area contributed by atoms with Crippen molar-refractivity contribution in [3.05, 3.63) is 29.8 Å². The predicted octanol–water partition coefficient (Wildman–Crippen LogP) is 0.0976. The number of carboxylic acid groups (broad SMARTS) is 2. The topological polar surface area (TPSA) is 150 Å². The van der Waals surface area contributed by atoms with Gasteiger partial charge < -0.3 is 15.5 Å². The van der Waals surface area contributed by atoms with Crippen molar-refractivity contribution in [1.82, 2.24) is 10.0 Å². The van der Waals surface area contributed by atoms with E-state index in [9.17, 15) is 22.8 Å². The van der Waals surface area contributed by atoms with Crippen LogP contribution in [0.1, 0.15) is 24.8 Å². The van der Waals surface area contributed by atoms with Gasteiger partial charge in [-0.3, -0.25) is 14.4 Å². The second-order valence-corrected chi connectivity index (χ2v) is 7.10. The van der Waals surface area contributed by atoms with Crippen LogP contribution in [0.25, 0.3) is 0 Å². The van der Waals surface area contributed by atoms with Crippen LogP contribution in [0.4, 0.5) is 0 Å². The molecule has 0 unspecified atom stereocenters. The monoisotopic (exact) mass is 372 g/mol. The zero-order chi connectivity index (χ0) is 19.0. The maximum atomic E-state index is 12.4. The first-order valence-corrected chi connectivity index (χ1v) is 8.90. The van der Waals surface area contributed by atoms with Crippen LogP contribution in [0.2, 0.25) is 0 Å². The molecule has 0 spiro atoms. The summed E-state index contributed by atoms with van der Waals surface area (Å²) in [5, 5.41) is 19.3. The third-order valence-corrected chi connectivity index (χ3v) is 4.73. The van der Waals surface area contributed by atoms with E-state index in [0.717, 1.165) is 5.56 Å². The summed E-state index contributed by atoms with van der Waals surface area (Å²) in [6, 6.07) is 4.67. The van der Waals surface area contributed by atoms with E-state index in [1.165, 1.54) is 12.1 Å². The van der Waals surface area contributed by atoms with Gasteiger partial charge in [-0.05, 0) is 31.9 Å². The molecule has 0 heterocycles. The largest absolute Gasteiger partial charge is 0.481 e. The van der Waals surface area contributed by atoms with E-state index in [1.807, 2.05) is 0 Å². The van der Waals surface area contributed by atoms with Gasteiger partial charge in [0.2, 0.25) is 15.9 Å². The maximum Gasteiger partial charge on any atom is 0.322 e. The number of carboxylic acids is 2. The average molecular weight is 372 g/mol. The van der Waals surface area contributed by atoms with E-state index >= 15 is 0 Å². The summed E-state index contributed by atoms with van der Waals surface area (Å²) in [4.78, 5) is 33.1. The summed E-state index contributed by atoms with van der Waals surface area (Å²) in [5.41, 5.74) is 0.858. The third kappa shape index (κ3) is 7.31. The van der Waals surface area contributed by atoms with E-state index in [1.54, 1.807) is 19.1 Å². The molecule has 0 aliphatic carbocycles. The number of aryl methyl sites for hydroxylation is 1. The number of hydrogen-bond donors (Lipinski definition) is 4. The highest BCUT2D eigenvalue weighted by Gasteiger charge is 2.26. The zero-order valence-corrected chi connectivity index (χ0v) is 14.4. The minimum atomic E-state index is -4.02. The molecular formula is C15H20N2O7S. The number of hydrogen-bond acceptors (Lipinski definition) is 5. The summed E-state index contributed by atoms with van der Waals surface area (Å²) in [6.45, 7) is 1.12. The molecule has 1 amide bonds. The van der Waals surface area contributed by atoms with Crippen molar-refractivity contribution in [1.29, 1.82) is 0 Å². The second kappa shape index (κ2) is 9.14. The van der Waals surface area contributed by atoms with Gasteiger partial charge in [-0.25, -0.2) is 8.42 Å². The Balaban J connectivity index is 2.89. The number of nitrogens with one attached hydrogen (secondary N) is 2. The summed E-state index contributed by atoms with van der Waals surface area (Å²) in [6.07, 6.45) is -0.269. The summed E-state index contributed by atoms with van der Waals surface area (Å²) in [5.74, 6) is -3.19. The number of aliphatic carboxylic acids is 2. The summed E-state index contributed by atoms with van der Waals surface area (Å²) >= 11 is 0. The Hall–Kier alpha value is -2.46. The van der Waals surface area contributed by atoms with Crippen molar-refractivity contribution in [3.8, 4) is 0 Å². The molecule has 1 aromatic carbocycles. The molecule has 1 atom stereocenters. The molecule has 0 radical (unpaired) electrons. The highest BCUT2D eigenvalue weighted by molar-refractivity contribution is 7.89. The van der Waals surface area contributed by atoms with Gasteiger partial charge in [-0.15, -0.1) is 0 Å². The number of sulfonamides is 1. The second-order valence-electron chi connectivity index (χ2n) is 5.38. The molecule has 25 heavy (non-hydrogen) atoms. The maximum absolute atomic E-state index is 12.4. The van der Waals surface area contributed by atoms with Crippen LogP contribution in [0.3, 0.4) is 0 Å². The van der Waals surface area contributed by atoms with Crippen LogP contribution in [0.15, 0.2) is 29.2 Å². The quantitative estimate of drug-likeness (QED) is 0.455. The smallest absolute Gasteiger partial charge is 0.322 e. The molecule has 4 N–H and O–H groups in total. The molecule has 0 aliphatic heterocycles.